The Kier molecular flexibility index (Phi) is 6.83. The number of furan rings is 1. The van der Waals surface area contributed by atoms with Gasteiger partial charge in [0.2, 0.25) is 5.91 Å². The number of amides is 1. The number of carbonyl (C=O) groups is 2. The van der Waals surface area contributed by atoms with Crippen LogP contribution in [0.2, 0.25) is 0 Å². The van der Waals surface area contributed by atoms with Gasteiger partial charge < -0.3 is 14.5 Å². The average Bonchev–Trinajstić information content (AvgIpc) is 3.10. The third-order valence-corrected chi connectivity index (χ3v) is 3.36. The molecule has 0 saturated heterocycles. The summed E-state index contributed by atoms with van der Waals surface area (Å²) in [6.45, 7) is 2.46. The standard InChI is InChI=1S/C19H21NO4/c1-15-4-6-16(7-5-15)8-10-18(21)20-12-14-24-19(22)11-9-17-3-2-13-23-17/h2-7,9,11,13H,8,10,12,14H2,1H3,(H,20,21)/b11-9+. The molecular formula is C19H21NO4. The molecule has 0 aliphatic rings. The van der Waals surface area contributed by atoms with Crippen molar-refractivity contribution in [3.63, 3.8) is 0 Å². The van der Waals surface area contributed by atoms with Gasteiger partial charge in [-0.15, -0.1) is 0 Å². The van der Waals surface area contributed by atoms with Crippen molar-refractivity contribution in [3.05, 3.63) is 65.6 Å². The van der Waals surface area contributed by atoms with E-state index in [4.69, 9.17) is 9.15 Å². The zero-order valence-corrected chi connectivity index (χ0v) is 13.7. The van der Waals surface area contributed by atoms with Gasteiger partial charge in [0.25, 0.3) is 0 Å². The maximum Gasteiger partial charge on any atom is 0.330 e. The van der Waals surface area contributed by atoms with Crippen LogP contribution in [0.1, 0.15) is 23.3 Å². The van der Waals surface area contributed by atoms with Crippen LogP contribution in [0.3, 0.4) is 0 Å². The summed E-state index contributed by atoms with van der Waals surface area (Å²) in [7, 11) is 0. The summed E-state index contributed by atoms with van der Waals surface area (Å²) in [5, 5.41) is 2.73. The highest BCUT2D eigenvalue weighted by atomic mass is 16.5. The Morgan fingerprint density at radius 3 is 2.71 bits per heavy atom. The first-order valence-corrected chi connectivity index (χ1v) is 7.84. The van der Waals surface area contributed by atoms with Crippen LogP contribution in [0, 0.1) is 6.92 Å². The highest BCUT2D eigenvalue weighted by Crippen LogP contribution is 2.05. The lowest BCUT2D eigenvalue weighted by Gasteiger charge is -2.06. The van der Waals surface area contributed by atoms with E-state index in [1.54, 1.807) is 12.1 Å². The van der Waals surface area contributed by atoms with E-state index in [1.165, 1.54) is 24.0 Å². The van der Waals surface area contributed by atoms with Gasteiger partial charge in [-0.25, -0.2) is 4.79 Å². The van der Waals surface area contributed by atoms with Crippen LogP contribution in [-0.4, -0.2) is 25.0 Å². The van der Waals surface area contributed by atoms with E-state index in [-0.39, 0.29) is 12.5 Å². The normalized spacial score (nSPS) is 10.7. The SMILES string of the molecule is Cc1ccc(CCC(=O)NCCOC(=O)/C=C/c2ccco2)cc1. The lowest BCUT2D eigenvalue weighted by Crippen LogP contribution is -2.28. The minimum Gasteiger partial charge on any atom is -0.465 e. The van der Waals surface area contributed by atoms with Gasteiger partial charge in [-0.2, -0.15) is 0 Å². The molecule has 1 aromatic heterocycles. The predicted octanol–water partition coefficient (Wildman–Crippen LogP) is 2.89. The summed E-state index contributed by atoms with van der Waals surface area (Å²) >= 11 is 0. The molecule has 0 unspecified atom stereocenters. The molecule has 0 bridgehead atoms. The van der Waals surface area contributed by atoms with Gasteiger partial charge in [-0.3, -0.25) is 4.79 Å². The Labute approximate surface area is 141 Å². The second kappa shape index (κ2) is 9.35. The molecule has 0 aliphatic heterocycles. The number of hydrogen-bond donors (Lipinski definition) is 1. The van der Waals surface area contributed by atoms with Crippen molar-refractivity contribution < 1.29 is 18.7 Å². The first-order valence-electron chi connectivity index (χ1n) is 7.84. The maximum atomic E-state index is 11.7. The van der Waals surface area contributed by atoms with E-state index in [2.05, 4.69) is 5.32 Å². The Morgan fingerprint density at radius 2 is 2.00 bits per heavy atom. The van der Waals surface area contributed by atoms with Crippen molar-refractivity contribution in [1.82, 2.24) is 5.32 Å². The summed E-state index contributed by atoms with van der Waals surface area (Å²) < 4.78 is 10.0. The van der Waals surface area contributed by atoms with Crippen molar-refractivity contribution in [2.24, 2.45) is 0 Å². The van der Waals surface area contributed by atoms with Crippen LogP contribution < -0.4 is 5.32 Å². The van der Waals surface area contributed by atoms with Gasteiger partial charge in [-0.05, 0) is 37.1 Å². The fourth-order valence-electron chi connectivity index (χ4n) is 2.03. The average molecular weight is 327 g/mol. The number of nitrogens with one attached hydrogen (secondary N) is 1. The van der Waals surface area contributed by atoms with E-state index in [0.717, 1.165) is 5.56 Å². The van der Waals surface area contributed by atoms with Crippen LogP contribution in [0.15, 0.2) is 53.2 Å². The number of carbonyl (C=O) groups excluding carboxylic acids is 2. The Morgan fingerprint density at radius 1 is 1.21 bits per heavy atom. The molecule has 1 amide bonds. The monoisotopic (exact) mass is 327 g/mol. The van der Waals surface area contributed by atoms with E-state index in [0.29, 0.717) is 25.1 Å². The molecular weight excluding hydrogens is 306 g/mol. The molecule has 5 heteroatoms. The highest BCUT2D eigenvalue weighted by molar-refractivity contribution is 5.86. The smallest absolute Gasteiger partial charge is 0.330 e. The van der Waals surface area contributed by atoms with Gasteiger partial charge >= 0.3 is 5.97 Å². The van der Waals surface area contributed by atoms with Crippen molar-refractivity contribution in [1.29, 1.82) is 0 Å². The van der Waals surface area contributed by atoms with Gasteiger partial charge in [0.15, 0.2) is 0 Å². The molecule has 0 saturated carbocycles. The molecule has 5 nitrogen and oxygen atoms in total. The molecule has 0 spiro atoms. The molecule has 0 radical (unpaired) electrons. The van der Waals surface area contributed by atoms with Crippen LogP contribution in [0.25, 0.3) is 6.08 Å². The zero-order valence-electron chi connectivity index (χ0n) is 13.7. The molecule has 2 aromatic rings. The van der Waals surface area contributed by atoms with E-state index < -0.39 is 5.97 Å². The number of rotatable bonds is 8. The summed E-state index contributed by atoms with van der Waals surface area (Å²) in [5.74, 6) is 0.0504. The Balaban J connectivity index is 1.57. The third-order valence-electron chi connectivity index (χ3n) is 3.36. The van der Waals surface area contributed by atoms with Crippen LogP contribution in [0.5, 0.6) is 0 Å². The van der Waals surface area contributed by atoms with Crippen LogP contribution >= 0.6 is 0 Å². The topological polar surface area (TPSA) is 68.5 Å². The molecule has 0 aliphatic carbocycles. The number of benzene rings is 1. The van der Waals surface area contributed by atoms with E-state index >= 15 is 0 Å². The van der Waals surface area contributed by atoms with Crippen molar-refractivity contribution in [2.45, 2.75) is 19.8 Å². The first-order chi connectivity index (χ1) is 11.6. The van der Waals surface area contributed by atoms with E-state index in [9.17, 15) is 9.59 Å². The first kappa shape index (κ1) is 17.5. The predicted molar refractivity (Wildman–Crippen MR) is 91.2 cm³/mol. The van der Waals surface area contributed by atoms with Gasteiger partial charge in [-0.1, -0.05) is 29.8 Å². The molecule has 1 aromatic carbocycles. The maximum absolute atomic E-state index is 11.7. The molecule has 24 heavy (non-hydrogen) atoms. The van der Waals surface area contributed by atoms with E-state index in [1.807, 2.05) is 31.2 Å². The molecule has 126 valence electrons. The lowest BCUT2D eigenvalue weighted by atomic mass is 10.1. The van der Waals surface area contributed by atoms with Crippen molar-refractivity contribution >= 4 is 18.0 Å². The zero-order chi connectivity index (χ0) is 17.2. The Hall–Kier alpha value is -2.82. The molecule has 0 atom stereocenters. The minimum absolute atomic E-state index is 0.0576. The van der Waals surface area contributed by atoms with Crippen LogP contribution in [0.4, 0.5) is 0 Å². The second-order valence-electron chi connectivity index (χ2n) is 5.35. The van der Waals surface area contributed by atoms with Crippen molar-refractivity contribution in [2.75, 3.05) is 13.2 Å². The number of esters is 1. The summed E-state index contributed by atoms with van der Waals surface area (Å²) in [5.41, 5.74) is 2.33. The fraction of sp³-hybridized carbons (Fsp3) is 0.263. The van der Waals surface area contributed by atoms with Crippen LogP contribution in [-0.2, 0) is 20.7 Å². The fourth-order valence-corrected chi connectivity index (χ4v) is 2.03. The largest absolute Gasteiger partial charge is 0.465 e. The van der Waals surface area contributed by atoms with Gasteiger partial charge in [0.1, 0.15) is 12.4 Å². The quantitative estimate of drug-likeness (QED) is 0.460. The second-order valence-corrected chi connectivity index (χ2v) is 5.35. The molecule has 1 heterocycles. The molecule has 1 N–H and O–H groups in total. The Bertz CT molecular complexity index is 672. The summed E-state index contributed by atoms with van der Waals surface area (Å²) in [6, 6.07) is 11.6. The number of ether oxygens (including phenoxy) is 1. The minimum atomic E-state index is -0.472. The van der Waals surface area contributed by atoms with Crippen molar-refractivity contribution in [3.8, 4) is 0 Å². The summed E-state index contributed by atoms with van der Waals surface area (Å²) in [6.07, 6.45) is 5.45. The number of hydrogen-bond acceptors (Lipinski definition) is 4. The van der Waals surface area contributed by atoms with Gasteiger partial charge in [0, 0.05) is 12.5 Å². The lowest BCUT2D eigenvalue weighted by molar-refractivity contribution is -0.138. The molecule has 2 rings (SSSR count). The van der Waals surface area contributed by atoms with Gasteiger partial charge in [0.05, 0.1) is 12.8 Å². The highest BCUT2D eigenvalue weighted by Gasteiger charge is 2.03. The third kappa shape index (κ3) is 6.52. The molecule has 0 fully saturated rings. The number of aryl methyl sites for hydroxylation is 2. The summed E-state index contributed by atoms with van der Waals surface area (Å²) in [4.78, 5) is 23.2.